The molecular formula is C14H11N5O8S2. The van der Waals surface area contributed by atoms with Crippen LogP contribution in [0.25, 0.3) is 0 Å². The van der Waals surface area contributed by atoms with Crippen LogP contribution in [0, 0.1) is 11.3 Å². The van der Waals surface area contributed by atoms with Crippen LogP contribution in [-0.4, -0.2) is 42.0 Å². The van der Waals surface area contributed by atoms with Gasteiger partial charge in [0.2, 0.25) is 0 Å². The highest BCUT2D eigenvalue weighted by molar-refractivity contribution is 7.86. The Balaban J connectivity index is 2.23. The second-order valence-corrected chi connectivity index (χ2v) is 7.98. The van der Waals surface area contributed by atoms with E-state index < -0.39 is 47.4 Å². The molecule has 13 nitrogen and oxygen atoms in total. The minimum absolute atomic E-state index is 0.124. The van der Waals surface area contributed by atoms with Crippen LogP contribution in [0.1, 0.15) is 0 Å². The molecule has 0 saturated carbocycles. The molecule has 0 aromatic heterocycles. The van der Waals surface area contributed by atoms with E-state index in [0.29, 0.717) is 0 Å². The number of benzene rings is 2. The van der Waals surface area contributed by atoms with Crippen molar-refractivity contribution in [3.63, 3.8) is 0 Å². The van der Waals surface area contributed by atoms with Gasteiger partial charge in [-0.3, -0.25) is 14.5 Å². The van der Waals surface area contributed by atoms with E-state index in [-0.39, 0.29) is 11.4 Å². The number of hydrogen-bond donors (Lipinski definition) is 5. The molecule has 0 aliphatic rings. The lowest BCUT2D eigenvalue weighted by molar-refractivity contribution is 0.467. The minimum Gasteiger partial charge on any atom is -0.506 e. The summed E-state index contributed by atoms with van der Waals surface area (Å²) in [5.74, 6) is -1.83. The number of aromatic hydroxyl groups is 2. The molecule has 0 saturated heterocycles. The van der Waals surface area contributed by atoms with Crippen LogP contribution in [0.2, 0.25) is 0 Å². The van der Waals surface area contributed by atoms with Crippen LogP contribution in [-0.2, 0) is 20.2 Å². The Kier molecular flexibility index (Phi) is 6.14. The molecule has 152 valence electrons. The fourth-order valence-corrected chi connectivity index (χ4v) is 2.80. The monoisotopic (exact) mass is 441 g/mol. The Morgan fingerprint density at radius 3 is 1.97 bits per heavy atom. The Bertz CT molecular complexity index is 1260. The summed E-state index contributed by atoms with van der Waals surface area (Å²) < 4.78 is 61.7. The molecule has 0 heterocycles. The van der Waals surface area contributed by atoms with Gasteiger partial charge >= 0.3 is 0 Å². The molecular weight excluding hydrogens is 430 g/mol. The number of hydrazone groups is 1. The molecule has 15 heteroatoms. The van der Waals surface area contributed by atoms with Crippen molar-refractivity contribution in [3.05, 3.63) is 36.4 Å². The predicted molar refractivity (Wildman–Crippen MR) is 97.0 cm³/mol. The van der Waals surface area contributed by atoms with Gasteiger partial charge in [-0.1, -0.05) is 0 Å². The second-order valence-electron chi connectivity index (χ2n) is 5.14. The van der Waals surface area contributed by atoms with Gasteiger partial charge in [-0.05, 0) is 24.3 Å². The third-order valence-electron chi connectivity index (χ3n) is 3.15. The SMILES string of the molecule is N#C/C(N=Nc1ccc(S(=O)(=O)O)cc1O)=N\Nc1ccc(S(=O)(=O)O)cc1O. The summed E-state index contributed by atoms with van der Waals surface area (Å²) >= 11 is 0. The van der Waals surface area contributed by atoms with Crippen molar-refractivity contribution >= 4 is 37.4 Å². The van der Waals surface area contributed by atoms with Crippen molar-refractivity contribution in [1.29, 1.82) is 5.26 Å². The molecule has 0 aliphatic heterocycles. The Labute approximate surface area is 163 Å². The number of amidine groups is 1. The third kappa shape index (κ3) is 5.70. The smallest absolute Gasteiger partial charge is 0.294 e. The number of nitrogens with zero attached hydrogens (tertiary/aromatic N) is 4. The maximum atomic E-state index is 11.0. The van der Waals surface area contributed by atoms with Crippen molar-refractivity contribution in [2.24, 2.45) is 15.3 Å². The third-order valence-corrected chi connectivity index (χ3v) is 4.85. The van der Waals surface area contributed by atoms with Crippen molar-refractivity contribution in [2.45, 2.75) is 9.79 Å². The molecule has 29 heavy (non-hydrogen) atoms. The van der Waals surface area contributed by atoms with Crippen molar-refractivity contribution in [1.82, 2.24) is 0 Å². The highest BCUT2D eigenvalue weighted by Gasteiger charge is 2.13. The number of azo groups is 1. The number of phenolic OH excluding ortho intramolecular Hbond substituents is 2. The zero-order valence-electron chi connectivity index (χ0n) is 14.0. The van der Waals surface area contributed by atoms with Gasteiger partial charge in [-0.2, -0.15) is 22.1 Å². The van der Waals surface area contributed by atoms with Gasteiger partial charge in [0.15, 0.2) is 0 Å². The van der Waals surface area contributed by atoms with E-state index in [1.165, 1.54) is 0 Å². The highest BCUT2D eigenvalue weighted by Crippen LogP contribution is 2.29. The highest BCUT2D eigenvalue weighted by atomic mass is 32.2. The van der Waals surface area contributed by atoms with Crippen LogP contribution < -0.4 is 5.43 Å². The number of hydrogen-bond acceptors (Lipinski definition) is 10. The van der Waals surface area contributed by atoms with E-state index in [4.69, 9.17) is 14.4 Å². The van der Waals surface area contributed by atoms with Crippen LogP contribution in [0.4, 0.5) is 11.4 Å². The number of anilines is 1. The Hall–Kier alpha value is -3.58. The van der Waals surface area contributed by atoms with E-state index in [9.17, 15) is 27.0 Å². The number of nitrogens with one attached hydrogen (secondary N) is 1. The molecule has 2 aromatic rings. The van der Waals surface area contributed by atoms with Gasteiger partial charge in [0, 0.05) is 12.1 Å². The maximum Gasteiger partial charge on any atom is 0.294 e. The maximum absolute atomic E-state index is 11.0. The van der Waals surface area contributed by atoms with Crippen LogP contribution in [0.5, 0.6) is 11.5 Å². The van der Waals surface area contributed by atoms with Crippen molar-refractivity contribution in [2.75, 3.05) is 5.43 Å². The van der Waals surface area contributed by atoms with Crippen LogP contribution >= 0.6 is 0 Å². The lowest BCUT2D eigenvalue weighted by Gasteiger charge is -2.05. The van der Waals surface area contributed by atoms with Gasteiger partial charge in [0.1, 0.15) is 23.3 Å². The standard InChI is InChI=1S/C14H11N5O8S2/c15-7-14(18-16-10-3-1-8(5-12(10)20)28(22,23)24)19-17-11-4-2-9(6-13(11)21)29(25,26)27/h1-6,16,20-21H,(H,22,23,24)(H,25,26,27)/b18-14+,19-17?. The quantitative estimate of drug-likeness (QED) is 0.113. The first-order valence-electron chi connectivity index (χ1n) is 7.18. The van der Waals surface area contributed by atoms with Crippen molar-refractivity contribution < 1.29 is 36.2 Å². The van der Waals surface area contributed by atoms with E-state index in [1.807, 2.05) is 0 Å². The normalized spacial score (nSPS) is 12.7. The Morgan fingerprint density at radius 2 is 1.48 bits per heavy atom. The number of rotatable bonds is 5. The summed E-state index contributed by atoms with van der Waals surface area (Å²) in [6.45, 7) is 0. The molecule has 0 atom stereocenters. The number of nitriles is 1. The van der Waals surface area contributed by atoms with Gasteiger partial charge in [0.25, 0.3) is 26.1 Å². The molecule has 5 N–H and O–H groups in total. The molecule has 0 bridgehead atoms. The summed E-state index contributed by atoms with van der Waals surface area (Å²) in [6, 6.07) is 7.01. The zero-order chi connectivity index (χ0) is 21.8. The van der Waals surface area contributed by atoms with Crippen LogP contribution in [0.3, 0.4) is 0 Å². The average Bonchev–Trinajstić information content (AvgIpc) is 2.62. The molecule has 0 unspecified atom stereocenters. The lowest BCUT2D eigenvalue weighted by Crippen LogP contribution is -2.00. The predicted octanol–water partition coefficient (Wildman–Crippen LogP) is 1.62. The lowest BCUT2D eigenvalue weighted by atomic mass is 10.3. The van der Waals surface area contributed by atoms with Gasteiger partial charge in [-0.15, -0.1) is 15.3 Å². The topological polar surface area (TPSA) is 222 Å². The van der Waals surface area contributed by atoms with E-state index in [1.54, 1.807) is 6.07 Å². The molecule has 0 spiro atoms. The second kappa shape index (κ2) is 8.20. The first-order valence-corrected chi connectivity index (χ1v) is 10.1. The van der Waals surface area contributed by atoms with Crippen LogP contribution in [0.15, 0.2) is 61.5 Å². The van der Waals surface area contributed by atoms with E-state index in [2.05, 4.69) is 20.8 Å². The van der Waals surface area contributed by atoms with Gasteiger partial charge in [-0.25, -0.2) is 0 Å². The summed E-state index contributed by atoms with van der Waals surface area (Å²) in [4.78, 5) is -1.14. The summed E-state index contributed by atoms with van der Waals surface area (Å²) in [6.07, 6.45) is 0. The molecule has 0 fully saturated rings. The fourth-order valence-electron chi connectivity index (χ4n) is 1.80. The van der Waals surface area contributed by atoms with E-state index >= 15 is 0 Å². The first kappa shape index (κ1) is 21.7. The zero-order valence-corrected chi connectivity index (χ0v) is 15.6. The molecule has 2 rings (SSSR count). The Morgan fingerprint density at radius 1 is 0.931 bits per heavy atom. The number of phenols is 2. The van der Waals surface area contributed by atoms with Gasteiger partial charge < -0.3 is 10.2 Å². The molecule has 0 amide bonds. The molecule has 2 aromatic carbocycles. The van der Waals surface area contributed by atoms with Crippen molar-refractivity contribution in [3.8, 4) is 17.6 Å². The molecule has 0 aliphatic carbocycles. The largest absolute Gasteiger partial charge is 0.506 e. The fraction of sp³-hybridized carbons (Fsp3) is 0. The summed E-state index contributed by atoms with van der Waals surface area (Å²) in [7, 11) is -9.05. The molecule has 0 radical (unpaired) electrons. The average molecular weight is 441 g/mol. The first-order chi connectivity index (χ1) is 13.4. The summed E-state index contributed by atoms with van der Waals surface area (Å²) in [5.41, 5.74) is 1.87. The van der Waals surface area contributed by atoms with E-state index in [0.717, 1.165) is 36.4 Å². The van der Waals surface area contributed by atoms with Gasteiger partial charge in [0.05, 0.1) is 15.5 Å². The summed E-state index contributed by atoms with van der Waals surface area (Å²) in [5, 5.41) is 38.9. The minimum atomic E-state index is -4.53.